The van der Waals surface area contributed by atoms with Crippen LogP contribution in [0.5, 0.6) is 0 Å². The van der Waals surface area contributed by atoms with Crippen molar-refractivity contribution in [3.05, 3.63) is 47.4 Å². The van der Waals surface area contributed by atoms with Crippen LogP contribution < -0.4 is 5.32 Å². The van der Waals surface area contributed by atoms with Crippen LogP contribution in [0.15, 0.2) is 36.8 Å². The van der Waals surface area contributed by atoms with Gasteiger partial charge in [-0.15, -0.1) is 0 Å². The molecule has 2 N–H and O–H groups in total. The Kier molecular flexibility index (Phi) is 3.82. The van der Waals surface area contributed by atoms with Gasteiger partial charge in [-0.1, -0.05) is 17.7 Å². The fourth-order valence-corrected chi connectivity index (χ4v) is 3.17. The number of fused-ring (bicyclic) bond motifs is 1. The Balaban J connectivity index is 1.70. The van der Waals surface area contributed by atoms with Crippen LogP contribution in [0, 0.1) is 0 Å². The zero-order valence-corrected chi connectivity index (χ0v) is 13.7. The van der Waals surface area contributed by atoms with E-state index in [1.807, 2.05) is 29.2 Å². The molecule has 4 rings (SSSR count). The van der Waals surface area contributed by atoms with Gasteiger partial charge in [-0.25, -0.2) is 9.97 Å². The number of hydrogen-bond acceptors (Lipinski definition) is 4. The molecule has 3 heterocycles. The zero-order chi connectivity index (χ0) is 16.5. The minimum Gasteiger partial charge on any atom is -0.344 e. The number of carbonyl (C=O) groups is 1. The highest BCUT2D eigenvalue weighted by molar-refractivity contribution is 6.30. The molecule has 1 amide bonds. The molecule has 2 aromatic heterocycles. The highest BCUT2D eigenvalue weighted by Crippen LogP contribution is 2.26. The third kappa shape index (κ3) is 2.69. The second kappa shape index (κ2) is 6.13. The third-order valence-electron chi connectivity index (χ3n) is 4.17. The molecule has 0 aliphatic carbocycles. The predicted octanol–water partition coefficient (Wildman–Crippen LogP) is 3.59. The van der Waals surface area contributed by atoms with Crippen LogP contribution in [0.2, 0.25) is 5.02 Å². The second-order valence-electron chi connectivity index (χ2n) is 5.78. The van der Waals surface area contributed by atoms with E-state index in [9.17, 15) is 4.79 Å². The number of rotatable bonds is 3. The van der Waals surface area contributed by atoms with E-state index in [0.717, 1.165) is 31.6 Å². The number of aromatic amines is 1. The summed E-state index contributed by atoms with van der Waals surface area (Å²) < 4.78 is 0. The summed E-state index contributed by atoms with van der Waals surface area (Å²) in [6.45, 7) is 1.61. The number of H-pyrrole nitrogens is 1. The molecule has 1 fully saturated rings. The number of pyridine rings is 1. The fraction of sp³-hybridized carbons (Fsp3) is 0.235. The van der Waals surface area contributed by atoms with E-state index >= 15 is 0 Å². The molecule has 6 nitrogen and oxygen atoms in total. The molecule has 3 aromatic rings. The molecule has 122 valence electrons. The molecule has 0 saturated carbocycles. The van der Waals surface area contributed by atoms with Crippen LogP contribution >= 0.6 is 11.6 Å². The third-order valence-corrected chi connectivity index (χ3v) is 4.40. The maximum atomic E-state index is 12.7. The number of imidazole rings is 1. The normalized spacial score (nSPS) is 14.3. The van der Waals surface area contributed by atoms with Crippen molar-refractivity contribution in [2.24, 2.45) is 0 Å². The Bertz CT molecular complexity index is 901. The smallest absolute Gasteiger partial charge is 0.257 e. The van der Waals surface area contributed by atoms with Gasteiger partial charge in [0.1, 0.15) is 5.52 Å². The molecule has 0 radical (unpaired) electrons. The number of anilines is 2. The standard InChI is InChI=1S/C17H16ClN5O/c18-11-4-3-5-12(8-11)22-16-15-14(20-10-21-15)13(9-19-16)17(24)23-6-1-2-7-23/h3-5,8-10H,1-2,6-7H2,(H,19,22)(H,20,21). The van der Waals surface area contributed by atoms with E-state index in [2.05, 4.69) is 20.3 Å². The van der Waals surface area contributed by atoms with Gasteiger partial charge in [-0.2, -0.15) is 0 Å². The Hall–Kier alpha value is -2.60. The molecule has 0 unspecified atom stereocenters. The molecule has 1 aliphatic rings. The predicted molar refractivity (Wildman–Crippen MR) is 93.8 cm³/mol. The van der Waals surface area contributed by atoms with Crippen molar-refractivity contribution in [1.29, 1.82) is 0 Å². The van der Waals surface area contributed by atoms with E-state index < -0.39 is 0 Å². The second-order valence-corrected chi connectivity index (χ2v) is 6.22. The van der Waals surface area contributed by atoms with Gasteiger partial charge in [-0.3, -0.25) is 4.79 Å². The first kappa shape index (κ1) is 15.0. The zero-order valence-electron chi connectivity index (χ0n) is 12.9. The molecule has 24 heavy (non-hydrogen) atoms. The summed E-state index contributed by atoms with van der Waals surface area (Å²) in [4.78, 5) is 26.3. The van der Waals surface area contributed by atoms with E-state index in [1.54, 1.807) is 12.5 Å². The molecule has 1 aromatic carbocycles. The first-order valence-electron chi connectivity index (χ1n) is 7.86. The number of aromatic nitrogens is 3. The number of nitrogens with zero attached hydrogens (tertiary/aromatic N) is 3. The van der Waals surface area contributed by atoms with Crippen molar-refractivity contribution in [2.45, 2.75) is 12.8 Å². The van der Waals surface area contributed by atoms with Crippen molar-refractivity contribution in [2.75, 3.05) is 18.4 Å². The minimum atomic E-state index is 0.00329. The highest BCUT2D eigenvalue weighted by Gasteiger charge is 2.23. The van der Waals surface area contributed by atoms with Crippen molar-refractivity contribution >= 4 is 40.0 Å². The highest BCUT2D eigenvalue weighted by atomic mass is 35.5. The quantitative estimate of drug-likeness (QED) is 0.763. The van der Waals surface area contributed by atoms with Crippen molar-refractivity contribution < 1.29 is 4.79 Å². The summed E-state index contributed by atoms with van der Waals surface area (Å²) in [7, 11) is 0. The van der Waals surface area contributed by atoms with E-state index in [1.165, 1.54) is 0 Å². The van der Waals surface area contributed by atoms with Crippen LogP contribution in [0.1, 0.15) is 23.2 Å². The lowest BCUT2D eigenvalue weighted by Crippen LogP contribution is -2.28. The summed E-state index contributed by atoms with van der Waals surface area (Å²) in [6.07, 6.45) is 5.30. The van der Waals surface area contributed by atoms with Crippen LogP contribution in [-0.2, 0) is 0 Å². The summed E-state index contributed by atoms with van der Waals surface area (Å²) in [5, 5.41) is 3.84. The number of halogens is 1. The molecule has 0 spiro atoms. The SMILES string of the molecule is O=C(c1cnc(Nc2cccc(Cl)c2)c2nc[nH]c12)N1CCCC1. The monoisotopic (exact) mass is 341 g/mol. The minimum absolute atomic E-state index is 0.00329. The summed E-state index contributed by atoms with van der Waals surface area (Å²) in [5.74, 6) is 0.593. The van der Waals surface area contributed by atoms with Gasteiger partial charge >= 0.3 is 0 Å². The van der Waals surface area contributed by atoms with Crippen molar-refractivity contribution in [1.82, 2.24) is 19.9 Å². The number of hydrogen-bond donors (Lipinski definition) is 2. The van der Waals surface area contributed by atoms with E-state index in [4.69, 9.17) is 11.6 Å². The van der Waals surface area contributed by atoms with Gasteiger partial charge in [0.2, 0.25) is 0 Å². The Morgan fingerprint density at radius 2 is 2.08 bits per heavy atom. The van der Waals surface area contributed by atoms with Gasteiger partial charge in [0.15, 0.2) is 5.82 Å². The van der Waals surface area contributed by atoms with Crippen molar-refractivity contribution in [3.63, 3.8) is 0 Å². The maximum absolute atomic E-state index is 12.7. The average Bonchev–Trinajstić information content (AvgIpc) is 3.26. The fourth-order valence-electron chi connectivity index (χ4n) is 2.98. The Morgan fingerprint density at radius 3 is 2.88 bits per heavy atom. The van der Waals surface area contributed by atoms with Gasteiger partial charge < -0.3 is 15.2 Å². The Labute approximate surface area is 143 Å². The van der Waals surface area contributed by atoms with Crippen LogP contribution in [-0.4, -0.2) is 38.8 Å². The lowest BCUT2D eigenvalue weighted by Gasteiger charge is -2.16. The first-order chi connectivity index (χ1) is 11.7. The number of amides is 1. The van der Waals surface area contributed by atoms with Gasteiger partial charge in [0.25, 0.3) is 5.91 Å². The molecular formula is C17H16ClN5O. The van der Waals surface area contributed by atoms with Crippen LogP contribution in [0.25, 0.3) is 11.0 Å². The first-order valence-corrected chi connectivity index (χ1v) is 8.24. The van der Waals surface area contributed by atoms with Gasteiger partial charge in [0.05, 0.1) is 17.4 Å². The number of benzene rings is 1. The van der Waals surface area contributed by atoms with Crippen LogP contribution in [0.4, 0.5) is 11.5 Å². The van der Waals surface area contributed by atoms with E-state index in [0.29, 0.717) is 27.4 Å². The summed E-state index contributed by atoms with van der Waals surface area (Å²) in [6, 6.07) is 7.38. The molecule has 0 bridgehead atoms. The van der Waals surface area contributed by atoms with Gasteiger partial charge in [-0.05, 0) is 31.0 Å². The number of likely N-dealkylation sites (tertiary alicyclic amines) is 1. The van der Waals surface area contributed by atoms with Crippen molar-refractivity contribution in [3.8, 4) is 0 Å². The van der Waals surface area contributed by atoms with Crippen LogP contribution in [0.3, 0.4) is 0 Å². The molecule has 0 atom stereocenters. The molecule has 7 heteroatoms. The molecule has 1 saturated heterocycles. The number of carbonyl (C=O) groups excluding carboxylic acids is 1. The largest absolute Gasteiger partial charge is 0.344 e. The molecular weight excluding hydrogens is 326 g/mol. The number of nitrogens with one attached hydrogen (secondary N) is 2. The molecule has 1 aliphatic heterocycles. The summed E-state index contributed by atoms with van der Waals surface area (Å²) in [5.41, 5.74) is 2.71. The van der Waals surface area contributed by atoms with Gasteiger partial charge in [0, 0.05) is 30.0 Å². The Morgan fingerprint density at radius 1 is 1.25 bits per heavy atom. The lowest BCUT2D eigenvalue weighted by atomic mass is 10.2. The maximum Gasteiger partial charge on any atom is 0.257 e. The van der Waals surface area contributed by atoms with E-state index in [-0.39, 0.29) is 5.91 Å². The summed E-state index contributed by atoms with van der Waals surface area (Å²) >= 11 is 6.02. The lowest BCUT2D eigenvalue weighted by molar-refractivity contribution is 0.0794. The topological polar surface area (TPSA) is 73.9 Å². The average molecular weight is 342 g/mol.